The molecule has 0 aromatic heterocycles. The number of methoxy groups -OCH3 is 2. The summed E-state index contributed by atoms with van der Waals surface area (Å²) in [5.41, 5.74) is 1.87. The van der Waals surface area contributed by atoms with E-state index in [1.807, 2.05) is 24.3 Å². The van der Waals surface area contributed by atoms with Gasteiger partial charge in [-0.1, -0.05) is 30.4 Å². The Balaban J connectivity index is 1.75. The third-order valence-corrected chi connectivity index (χ3v) is 4.82. The Morgan fingerprint density at radius 1 is 0.806 bits per heavy atom. The van der Waals surface area contributed by atoms with Crippen LogP contribution < -0.4 is 18.9 Å². The number of esters is 2. The molecule has 3 aromatic rings. The maximum Gasteiger partial charge on any atom is 0.344 e. The number of hydrogen-bond donors (Lipinski definition) is 0. The van der Waals surface area contributed by atoms with E-state index >= 15 is 0 Å². The SMILES string of the molecule is COc1cc(C=Cc2ccc(OC(=O)c3cc(OC(C)=O)ccc3CO[N+](=O)[O-])cc2)cc(OC)c1. The van der Waals surface area contributed by atoms with Crippen molar-refractivity contribution in [2.75, 3.05) is 14.2 Å². The van der Waals surface area contributed by atoms with Crippen molar-refractivity contribution >= 4 is 24.1 Å². The number of nitrogens with zero attached hydrogens (tertiary/aromatic N) is 1. The topological polar surface area (TPSA) is 123 Å². The highest BCUT2D eigenvalue weighted by molar-refractivity contribution is 5.93. The fraction of sp³-hybridized carbons (Fsp3) is 0.154. The molecule has 0 heterocycles. The van der Waals surface area contributed by atoms with Gasteiger partial charge in [-0.05, 0) is 53.1 Å². The monoisotopic (exact) mass is 493 g/mol. The summed E-state index contributed by atoms with van der Waals surface area (Å²) in [6.07, 6.45) is 3.75. The van der Waals surface area contributed by atoms with E-state index in [0.29, 0.717) is 11.5 Å². The van der Waals surface area contributed by atoms with Gasteiger partial charge < -0.3 is 23.8 Å². The molecule has 0 saturated heterocycles. The van der Waals surface area contributed by atoms with E-state index in [2.05, 4.69) is 4.84 Å². The molecular weight excluding hydrogens is 470 g/mol. The van der Waals surface area contributed by atoms with E-state index in [1.54, 1.807) is 44.6 Å². The number of hydrogen-bond acceptors (Lipinski definition) is 9. The molecule has 0 aliphatic carbocycles. The quantitative estimate of drug-likeness (QED) is 0.130. The molecule has 10 heteroatoms. The van der Waals surface area contributed by atoms with E-state index in [0.717, 1.165) is 11.1 Å². The summed E-state index contributed by atoms with van der Waals surface area (Å²) in [6, 6.07) is 16.3. The van der Waals surface area contributed by atoms with Gasteiger partial charge in [-0.3, -0.25) is 4.79 Å². The van der Waals surface area contributed by atoms with Crippen molar-refractivity contribution < 1.29 is 38.5 Å². The molecule has 0 amide bonds. The first kappa shape index (κ1) is 25.8. The second kappa shape index (κ2) is 12.0. The molecular formula is C26H23NO9. The van der Waals surface area contributed by atoms with Crippen LogP contribution >= 0.6 is 0 Å². The van der Waals surface area contributed by atoms with Gasteiger partial charge in [0.05, 0.1) is 19.8 Å². The van der Waals surface area contributed by atoms with Crippen molar-refractivity contribution in [2.24, 2.45) is 0 Å². The maximum atomic E-state index is 12.8. The molecule has 0 saturated carbocycles. The van der Waals surface area contributed by atoms with Crippen LogP contribution in [0.5, 0.6) is 23.0 Å². The minimum atomic E-state index is -0.969. The predicted molar refractivity (Wildman–Crippen MR) is 129 cm³/mol. The van der Waals surface area contributed by atoms with Crippen LogP contribution in [0, 0.1) is 10.1 Å². The molecule has 3 aromatic carbocycles. The van der Waals surface area contributed by atoms with Gasteiger partial charge in [-0.25, -0.2) is 4.79 Å². The summed E-state index contributed by atoms with van der Waals surface area (Å²) in [5.74, 6) is 0.291. The molecule has 0 N–H and O–H groups in total. The third-order valence-electron chi connectivity index (χ3n) is 4.82. The lowest BCUT2D eigenvalue weighted by Gasteiger charge is -2.11. The lowest BCUT2D eigenvalue weighted by atomic mass is 10.1. The fourth-order valence-corrected chi connectivity index (χ4v) is 3.15. The fourth-order valence-electron chi connectivity index (χ4n) is 3.15. The summed E-state index contributed by atoms with van der Waals surface area (Å²) in [4.78, 5) is 39.0. The lowest BCUT2D eigenvalue weighted by Crippen LogP contribution is -2.14. The first-order chi connectivity index (χ1) is 17.3. The van der Waals surface area contributed by atoms with E-state index in [9.17, 15) is 19.7 Å². The Labute approximate surface area is 206 Å². The van der Waals surface area contributed by atoms with Crippen LogP contribution in [0.15, 0.2) is 60.7 Å². The number of benzene rings is 3. The molecule has 0 radical (unpaired) electrons. The highest BCUT2D eigenvalue weighted by atomic mass is 16.9. The van der Waals surface area contributed by atoms with E-state index in [4.69, 9.17) is 18.9 Å². The van der Waals surface area contributed by atoms with Gasteiger partial charge in [0.15, 0.2) is 0 Å². The molecule has 3 rings (SSSR count). The van der Waals surface area contributed by atoms with Crippen LogP contribution in [0.1, 0.15) is 34.0 Å². The van der Waals surface area contributed by atoms with Gasteiger partial charge in [-0.15, -0.1) is 10.1 Å². The van der Waals surface area contributed by atoms with Gasteiger partial charge in [0.2, 0.25) is 0 Å². The van der Waals surface area contributed by atoms with Crippen molar-refractivity contribution in [1.82, 2.24) is 0 Å². The highest BCUT2D eigenvalue weighted by Crippen LogP contribution is 2.25. The largest absolute Gasteiger partial charge is 0.497 e. The normalized spacial score (nSPS) is 10.5. The van der Waals surface area contributed by atoms with Crippen LogP contribution in [-0.2, 0) is 16.2 Å². The van der Waals surface area contributed by atoms with Crippen molar-refractivity contribution in [3.63, 3.8) is 0 Å². The average molecular weight is 493 g/mol. The Hall–Kier alpha value is -4.86. The van der Waals surface area contributed by atoms with Gasteiger partial charge >= 0.3 is 11.9 Å². The second-order valence-corrected chi connectivity index (χ2v) is 7.35. The summed E-state index contributed by atoms with van der Waals surface area (Å²) < 4.78 is 21.0. The zero-order valence-electron chi connectivity index (χ0n) is 19.8. The van der Waals surface area contributed by atoms with Crippen molar-refractivity contribution in [2.45, 2.75) is 13.5 Å². The van der Waals surface area contributed by atoms with Gasteiger partial charge in [0.1, 0.15) is 29.6 Å². The molecule has 0 atom stereocenters. The summed E-state index contributed by atoms with van der Waals surface area (Å²) in [7, 11) is 3.15. The zero-order valence-corrected chi connectivity index (χ0v) is 19.8. The predicted octanol–water partition coefficient (Wildman–Crippen LogP) is 4.73. The van der Waals surface area contributed by atoms with Gasteiger partial charge in [-0.2, -0.15) is 0 Å². The molecule has 0 aliphatic rings. The third kappa shape index (κ3) is 7.32. The van der Waals surface area contributed by atoms with Gasteiger partial charge in [0, 0.05) is 13.0 Å². The average Bonchev–Trinajstić information content (AvgIpc) is 2.86. The number of ether oxygens (including phenoxy) is 4. The second-order valence-electron chi connectivity index (χ2n) is 7.35. The minimum Gasteiger partial charge on any atom is -0.497 e. The Bertz CT molecular complexity index is 1260. The molecule has 0 aliphatic heterocycles. The Kier molecular flexibility index (Phi) is 8.60. The van der Waals surface area contributed by atoms with E-state index < -0.39 is 23.6 Å². The Morgan fingerprint density at radius 3 is 2.00 bits per heavy atom. The standard InChI is InChI=1S/C26H23NO9/c1-17(28)35-22-11-8-20(16-34-27(30)31)25(15-22)26(29)36-21-9-6-18(7-10-21)4-5-19-12-23(32-2)14-24(13-19)33-3/h4-15H,16H2,1-3H3. The number of rotatable bonds is 10. The number of carbonyl (C=O) groups excluding carboxylic acids is 2. The van der Waals surface area contributed by atoms with E-state index in [1.165, 1.54) is 25.1 Å². The molecule has 36 heavy (non-hydrogen) atoms. The molecule has 0 fully saturated rings. The zero-order chi connectivity index (χ0) is 26.1. The number of carbonyl (C=O) groups is 2. The summed E-state index contributed by atoms with van der Waals surface area (Å²) >= 11 is 0. The van der Waals surface area contributed by atoms with Crippen molar-refractivity contribution in [1.29, 1.82) is 0 Å². The van der Waals surface area contributed by atoms with Crippen LogP contribution in [-0.4, -0.2) is 31.2 Å². The highest BCUT2D eigenvalue weighted by Gasteiger charge is 2.17. The Morgan fingerprint density at radius 2 is 1.42 bits per heavy atom. The van der Waals surface area contributed by atoms with Crippen LogP contribution in [0.25, 0.3) is 12.2 Å². The summed E-state index contributed by atoms with van der Waals surface area (Å²) in [5, 5.41) is 9.61. The molecule has 0 spiro atoms. The summed E-state index contributed by atoms with van der Waals surface area (Å²) in [6.45, 7) is 0.735. The van der Waals surface area contributed by atoms with Crippen molar-refractivity contribution in [3.8, 4) is 23.0 Å². The smallest absolute Gasteiger partial charge is 0.344 e. The van der Waals surface area contributed by atoms with Crippen LogP contribution in [0.2, 0.25) is 0 Å². The minimum absolute atomic E-state index is 0.0356. The lowest BCUT2D eigenvalue weighted by molar-refractivity contribution is -0.763. The van der Waals surface area contributed by atoms with Gasteiger partial charge in [0.25, 0.3) is 5.09 Å². The first-order valence-corrected chi connectivity index (χ1v) is 10.6. The van der Waals surface area contributed by atoms with E-state index in [-0.39, 0.29) is 22.6 Å². The van der Waals surface area contributed by atoms with Crippen LogP contribution in [0.3, 0.4) is 0 Å². The van der Waals surface area contributed by atoms with Crippen molar-refractivity contribution in [3.05, 3.63) is 93.0 Å². The molecule has 186 valence electrons. The molecule has 0 unspecified atom stereocenters. The first-order valence-electron chi connectivity index (χ1n) is 10.6. The molecule has 0 bridgehead atoms. The molecule has 10 nitrogen and oxygen atoms in total. The maximum absolute atomic E-state index is 12.8. The van der Waals surface area contributed by atoms with Crippen LogP contribution in [0.4, 0.5) is 0 Å².